The maximum atomic E-state index is 14.4. The van der Waals surface area contributed by atoms with Crippen molar-refractivity contribution in [2.75, 3.05) is 13.2 Å². The molecule has 0 amide bonds. The van der Waals surface area contributed by atoms with Crippen molar-refractivity contribution < 1.29 is 50.0 Å². The van der Waals surface area contributed by atoms with E-state index in [0.717, 1.165) is 37.7 Å². The molecule has 1 saturated heterocycles. The van der Waals surface area contributed by atoms with Crippen LogP contribution in [0.5, 0.6) is 0 Å². The number of rotatable bonds is 4. The van der Waals surface area contributed by atoms with Crippen molar-refractivity contribution in [3.8, 4) is 0 Å². The normalized spacial score (nSPS) is 52.7. The molecule has 0 radical (unpaired) electrons. The predicted octanol–water partition coefficient (Wildman–Crippen LogP) is 2.44. The molecule has 6 aliphatic rings. The lowest BCUT2D eigenvalue weighted by molar-refractivity contribution is -0.297. The number of aliphatic hydroxyl groups is 7. The number of carbonyl (C=O) groups excluding carboxylic acids is 1. The zero-order valence-corrected chi connectivity index (χ0v) is 28.5. The van der Waals surface area contributed by atoms with Crippen LogP contribution in [0.4, 0.5) is 0 Å². The van der Waals surface area contributed by atoms with E-state index in [1.807, 2.05) is 0 Å². The Kier molecular flexibility index (Phi) is 8.46. The van der Waals surface area contributed by atoms with E-state index in [9.17, 15) is 40.5 Å². The topological polar surface area (TPSA) is 177 Å². The number of allylic oxidation sites excluding steroid dienone is 1. The van der Waals surface area contributed by atoms with Gasteiger partial charge in [-0.25, -0.2) is 0 Å². The second-order valence-corrected chi connectivity index (χ2v) is 17.9. The first-order chi connectivity index (χ1) is 21.3. The molecule has 1 heterocycles. The fraction of sp³-hybridized carbons (Fsp3) is 0.917. The minimum Gasteiger partial charge on any atom is -0.432 e. The quantitative estimate of drug-likeness (QED) is 0.177. The van der Waals surface area contributed by atoms with Gasteiger partial charge in [0.15, 0.2) is 0 Å². The molecule has 0 aromatic heterocycles. The Hall–Kier alpha value is -1.11. The maximum absolute atomic E-state index is 14.4. The molecule has 0 unspecified atom stereocenters. The second-order valence-electron chi connectivity index (χ2n) is 17.9. The number of hydrogen-bond donors (Lipinski definition) is 7. The largest absolute Gasteiger partial charge is 0.432 e. The van der Waals surface area contributed by atoms with Crippen LogP contribution in [0, 0.1) is 50.2 Å². The van der Waals surface area contributed by atoms with Crippen LogP contribution in [0.15, 0.2) is 11.6 Å². The summed E-state index contributed by atoms with van der Waals surface area (Å²) in [6.07, 6.45) is -0.704. The van der Waals surface area contributed by atoms with Crippen LogP contribution < -0.4 is 0 Å². The average molecular weight is 651 g/mol. The van der Waals surface area contributed by atoms with Crippen molar-refractivity contribution in [2.45, 2.75) is 142 Å². The van der Waals surface area contributed by atoms with Gasteiger partial charge < -0.3 is 45.2 Å². The van der Waals surface area contributed by atoms with Crippen molar-refractivity contribution in [1.29, 1.82) is 0 Å². The molecule has 10 heteroatoms. The van der Waals surface area contributed by atoms with E-state index in [1.54, 1.807) is 0 Å². The van der Waals surface area contributed by atoms with E-state index in [4.69, 9.17) is 9.47 Å². The van der Waals surface area contributed by atoms with E-state index >= 15 is 0 Å². The SMILES string of the molecule is CC1(C)CC[C@]2(C(=O)O[C@@H]3O[C@H](CO)[C@@H](O)[C@H](O)[C@H]3O)CC[C@]3(CO)C(=CC[C@@H]4[C@@]5(C)C[C@@H](O)[C@H](O)C(C)(C)[C@@H]5CC[C@]43C)[C@H]2C1. The molecule has 5 fully saturated rings. The number of ether oxygens (including phenoxy) is 2. The highest BCUT2D eigenvalue weighted by Crippen LogP contribution is 2.75. The number of carbonyl (C=O) groups is 1. The standard InChI is InChI=1S/C36H58O10/c1-31(2)11-12-35(30(44)46-29-27(42)26(41)25(40)22(17-37)45-29)13-14-36(18-38)19(20(35)15-31)7-8-24-33(5)16-21(39)28(43)32(3,4)23(33)9-10-34(24,36)6/h7,20-29,37-43H,8-18H2,1-6H3/t20-,21-,22-,23+,24-,25-,26+,27-,28+,29+,33+,34-,35+,36+/m1/s1. The third-order valence-corrected chi connectivity index (χ3v) is 15.0. The Morgan fingerprint density at radius 3 is 2.20 bits per heavy atom. The van der Waals surface area contributed by atoms with Gasteiger partial charge in [-0.1, -0.05) is 53.2 Å². The number of hydrogen-bond acceptors (Lipinski definition) is 10. The van der Waals surface area contributed by atoms with Gasteiger partial charge in [0.2, 0.25) is 6.29 Å². The van der Waals surface area contributed by atoms with Crippen LogP contribution in [0.1, 0.15) is 99.3 Å². The molecule has 0 aromatic carbocycles. The summed E-state index contributed by atoms with van der Waals surface area (Å²) in [4.78, 5) is 14.4. The monoisotopic (exact) mass is 650 g/mol. The predicted molar refractivity (Wildman–Crippen MR) is 168 cm³/mol. The van der Waals surface area contributed by atoms with E-state index in [2.05, 4.69) is 47.6 Å². The molecular weight excluding hydrogens is 592 g/mol. The minimum atomic E-state index is -1.67. The van der Waals surface area contributed by atoms with Crippen molar-refractivity contribution >= 4 is 5.97 Å². The number of esters is 1. The molecule has 7 N–H and O–H groups in total. The summed E-state index contributed by atoms with van der Waals surface area (Å²) in [5, 5.41) is 74.7. The van der Waals surface area contributed by atoms with Gasteiger partial charge in [-0.3, -0.25) is 4.79 Å². The van der Waals surface area contributed by atoms with Gasteiger partial charge in [0.1, 0.15) is 24.4 Å². The fourth-order valence-electron chi connectivity index (χ4n) is 12.3. The highest BCUT2D eigenvalue weighted by Gasteiger charge is 2.71. The average Bonchev–Trinajstić information content (AvgIpc) is 2.99. The van der Waals surface area contributed by atoms with Crippen LogP contribution in [-0.2, 0) is 14.3 Å². The van der Waals surface area contributed by atoms with Crippen molar-refractivity contribution in [3.63, 3.8) is 0 Å². The molecule has 0 bridgehead atoms. The van der Waals surface area contributed by atoms with Crippen molar-refractivity contribution in [3.05, 3.63) is 11.6 Å². The molecule has 10 nitrogen and oxygen atoms in total. The molecule has 4 saturated carbocycles. The third-order valence-electron chi connectivity index (χ3n) is 15.0. The van der Waals surface area contributed by atoms with E-state index in [1.165, 1.54) is 0 Å². The number of aliphatic hydroxyl groups excluding tert-OH is 7. The zero-order chi connectivity index (χ0) is 33.8. The smallest absolute Gasteiger partial charge is 0.315 e. The summed E-state index contributed by atoms with van der Waals surface area (Å²) in [6.45, 7) is 12.5. The van der Waals surface area contributed by atoms with Crippen molar-refractivity contribution in [1.82, 2.24) is 0 Å². The summed E-state index contributed by atoms with van der Waals surface area (Å²) in [5.74, 6) is -0.347. The third kappa shape index (κ3) is 4.60. The molecule has 1 aliphatic heterocycles. The van der Waals surface area contributed by atoms with Crippen LogP contribution in [0.3, 0.4) is 0 Å². The van der Waals surface area contributed by atoms with Gasteiger partial charge in [-0.05, 0) is 97.2 Å². The second kappa shape index (κ2) is 11.2. The highest BCUT2D eigenvalue weighted by atomic mass is 16.7. The lowest BCUT2D eigenvalue weighted by atomic mass is 9.33. The molecule has 6 rings (SSSR count). The number of fused-ring (bicyclic) bond motifs is 7. The summed E-state index contributed by atoms with van der Waals surface area (Å²) >= 11 is 0. The van der Waals surface area contributed by atoms with Crippen LogP contribution in [-0.4, -0.2) is 97.8 Å². The van der Waals surface area contributed by atoms with Crippen LogP contribution in [0.25, 0.3) is 0 Å². The van der Waals surface area contributed by atoms with E-state index in [-0.39, 0.29) is 40.6 Å². The molecule has 46 heavy (non-hydrogen) atoms. The summed E-state index contributed by atoms with van der Waals surface area (Å²) < 4.78 is 11.5. The molecule has 0 spiro atoms. The Balaban J connectivity index is 1.38. The van der Waals surface area contributed by atoms with Crippen LogP contribution >= 0.6 is 0 Å². The fourth-order valence-corrected chi connectivity index (χ4v) is 12.3. The Labute approximate surface area is 273 Å². The summed E-state index contributed by atoms with van der Waals surface area (Å²) in [5.41, 5.74) is -1.43. The van der Waals surface area contributed by atoms with Gasteiger partial charge in [-0.15, -0.1) is 0 Å². The van der Waals surface area contributed by atoms with Gasteiger partial charge >= 0.3 is 5.97 Å². The van der Waals surface area contributed by atoms with Crippen molar-refractivity contribution in [2.24, 2.45) is 50.2 Å². The minimum absolute atomic E-state index is 0.0457. The van der Waals surface area contributed by atoms with Gasteiger partial charge in [-0.2, -0.15) is 0 Å². The Bertz CT molecular complexity index is 1230. The van der Waals surface area contributed by atoms with Gasteiger partial charge in [0.05, 0.1) is 30.8 Å². The molecule has 5 aliphatic carbocycles. The Morgan fingerprint density at radius 1 is 0.870 bits per heavy atom. The van der Waals surface area contributed by atoms with Gasteiger partial charge in [0, 0.05) is 5.41 Å². The molecular formula is C36H58O10. The first kappa shape index (κ1) is 34.7. The van der Waals surface area contributed by atoms with E-state index in [0.29, 0.717) is 25.7 Å². The first-order valence-electron chi connectivity index (χ1n) is 17.5. The maximum Gasteiger partial charge on any atom is 0.315 e. The molecule has 0 aromatic rings. The van der Waals surface area contributed by atoms with Gasteiger partial charge in [0.25, 0.3) is 0 Å². The Morgan fingerprint density at radius 2 is 1.54 bits per heavy atom. The van der Waals surface area contributed by atoms with E-state index < -0.39 is 71.7 Å². The lowest BCUT2D eigenvalue weighted by Crippen LogP contribution is -2.68. The first-order valence-corrected chi connectivity index (χ1v) is 17.5. The highest BCUT2D eigenvalue weighted by molar-refractivity contribution is 5.79. The molecule has 14 atom stereocenters. The summed E-state index contributed by atoms with van der Waals surface area (Å²) in [7, 11) is 0. The zero-order valence-electron chi connectivity index (χ0n) is 28.5. The summed E-state index contributed by atoms with van der Waals surface area (Å²) in [6, 6.07) is 0. The lowest BCUT2D eigenvalue weighted by Gasteiger charge is -2.71. The van der Waals surface area contributed by atoms with Crippen LogP contribution in [0.2, 0.25) is 0 Å². The molecule has 262 valence electrons.